The zero-order chi connectivity index (χ0) is 24.2. The van der Waals surface area contributed by atoms with E-state index in [1.807, 2.05) is 41.2 Å². The molecular weight excluding hydrogens is 438 g/mol. The van der Waals surface area contributed by atoms with Crippen LogP contribution in [0.5, 0.6) is 0 Å². The molecular formula is C28H31N5O2. The Hall–Kier alpha value is -3.74. The summed E-state index contributed by atoms with van der Waals surface area (Å²) in [5.74, 6) is -0.251. The Morgan fingerprint density at radius 2 is 1.80 bits per heavy atom. The number of hydrogen-bond donors (Lipinski definition) is 1. The van der Waals surface area contributed by atoms with Crippen LogP contribution in [-0.2, 0) is 19.5 Å². The molecule has 0 radical (unpaired) electrons. The van der Waals surface area contributed by atoms with E-state index in [0.29, 0.717) is 29.6 Å². The lowest BCUT2D eigenvalue weighted by atomic mass is 9.92. The molecule has 4 aromatic rings. The minimum atomic E-state index is -0.251. The molecule has 0 saturated carbocycles. The quantitative estimate of drug-likeness (QED) is 0.381. The Morgan fingerprint density at radius 1 is 1.03 bits per heavy atom. The second-order valence-electron chi connectivity index (χ2n) is 9.24. The van der Waals surface area contributed by atoms with Gasteiger partial charge < -0.3 is 5.32 Å². The standard InChI is InChI=1S/C28H31N5O2/c1-2-3-9-17-32-28(35)22-14-8-7-13-21(22)26(31-32)27(34)30-24-15-10-16-25-23(24)18-29-33(25)19-20-11-5-4-6-12-20/h4-8,11-14,18,24H,2-3,9-10,15-17,19H2,1H3,(H,30,34). The van der Waals surface area contributed by atoms with Crippen LogP contribution in [0.2, 0.25) is 0 Å². The monoisotopic (exact) mass is 469 g/mol. The first-order valence-electron chi connectivity index (χ1n) is 12.5. The molecule has 0 spiro atoms. The van der Waals surface area contributed by atoms with E-state index >= 15 is 0 Å². The summed E-state index contributed by atoms with van der Waals surface area (Å²) in [6.07, 6.45) is 7.58. The normalized spacial score (nSPS) is 15.2. The highest BCUT2D eigenvalue weighted by molar-refractivity contribution is 6.04. The number of unbranched alkanes of at least 4 members (excludes halogenated alkanes) is 2. The van der Waals surface area contributed by atoms with Gasteiger partial charge in [0, 0.05) is 23.2 Å². The summed E-state index contributed by atoms with van der Waals surface area (Å²) in [5, 5.41) is 13.5. The van der Waals surface area contributed by atoms with Crippen LogP contribution in [0.25, 0.3) is 10.8 Å². The van der Waals surface area contributed by atoms with E-state index in [9.17, 15) is 9.59 Å². The number of nitrogens with zero attached hydrogens (tertiary/aromatic N) is 4. The van der Waals surface area contributed by atoms with E-state index in [0.717, 1.165) is 44.1 Å². The second-order valence-corrected chi connectivity index (χ2v) is 9.24. The predicted octanol–water partition coefficient (Wildman–Crippen LogP) is 4.64. The van der Waals surface area contributed by atoms with Gasteiger partial charge in [0.25, 0.3) is 11.5 Å². The van der Waals surface area contributed by atoms with Gasteiger partial charge in [0.15, 0.2) is 5.69 Å². The molecule has 1 unspecified atom stereocenters. The summed E-state index contributed by atoms with van der Waals surface area (Å²) < 4.78 is 3.50. The Balaban J connectivity index is 1.42. The van der Waals surface area contributed by atoms with Gasteiger partial charge in [-0.1, -0.05) is 68.3 Å². The van der Waals surface area contributed by atoms with Crippen molar-refractivity contribution in [3.8, 4) is 0 Å². The van der Waals surface area contributed by atoms with E-state index < -0.39 is 0 Å². The van der Waals surface area contributed by atoms with Crippen LogP contribution >= 0.6 is 0 Å². The van der Waals surface area contributed by atoms with Crippen molar-refractivity contribution in [2.75, 3.05) is 0 Å². The first kappa shape index (κ1) is 23.0. The summed E-state index contributed by atoms with van der Waals surface area (Å²) in [5.41, 5.74) is 3.61. The molecule has 2 heterocycles. The van der Waals surface area contributed by atoms with Gasteiger partial charge >= 0.3 is 0 Å². The lowest BCUT2D eigenvalue weighted by molar-refractivity contribution is 0.0927. The molecule has 180 valence electrons. The highest BCUT2D eigenvalue weighted by atomic mass is 16.2. The maximum atomic E-state index is 13.5. The summed E-state index contributed by atoms with van der Waals surface area (Å²) in [7, 11) is 0. The fourth-order valence-electron chi connectivity index (χ4n) is 4.95. The van der Waals surface area contributed by atoms with Crippen molar-refractivity contribution in [2.45, 2.75) is 64.6 Å². The predicted molar refractivity (Wildman–Crippen MR) is 136 cm³/mol. The molecule has 1 atom stereocenters. The zero-order valence-electron chi connectivity index (χ0n) is 20.1. The van der Waals surface area contributed by atoms with E-state index in [1.54, 1.807) is 12.1 Å². The molecule has 7 nitrogen and oxygen atoms in total. The molecule has 5 rings (SSSR count). The zero-order valence-corrected chi connectivity index (χ0v) is 20.1. The number of benzene rings is 2. The lowest BCUT2D eigenvalue weighted by Crippen LogP contribution is -2.34. The molecule has 1 N–H and O–H groups in total. The van der Waals surface area contributed by atoms with Crippen LogP contribution in [0.3, 0.4) is 0 Å². The fraction of sp³-hybridized carbons (Fsp3) is 0.357. The van der Waals surface area contributed by atoms with Crippen LogP contribution in [-0.4, -0.2) is 25.5 Å². The van der Waals surface area contributed by atoms with Crippen LogP contribution in [0.1, 0.15) is 72.4 Å². The number of rotatable bonds is 8. The van der Waals surface area contributed by atoms with Crippen molar-refractivity contribution < 1.29 is 4.79 Å². The third kappa shape index (κ3) is 4.76. The number of carbonyl (C=O) groups excluding carboxylic acids is 1. The van der Waals surface area contributed by atoms with Gasteiger partial charge in [-0.25, -0.2) is 4.68 Å². The summed E-state index contributed by atoms with van der Waals surface area (Å²) >= 11 is 0. The number of nitrogens with one attached hydrogen (secondary N) is 1. The maximum absolute atomic E-state index is 13.5. The van der Waals surface area contributed by atoms with E-state index in [-0.39, 0.29) is 17.5 Å². The van der Waals surface area contributed by atoms with Crippen LogP contribution in [0, 0.1) is 0 Å². The Bertz CT molecular complexity index is 1390. The van der Waals surface area contributed by atoms with Crippen molar-refractivity contribution in [1.29, 1.82) is 0 Å². The lowest BCUT2D eigenvalue weighted by Gasteiger charge is -2.24. The Labute approximate surface area is 204 Å². The minimum absolute atomic E-state index is 0.128. The number of amides is 1. The number of hydrogen-bond acceptors (Lipinski definition) is 4. The Morgan fingerprint density at radius 3 is 2.60 bits per heavy atom. The van der Waals surface area contributed by atoms with Crippen molar-refractivity contribution in [3.05, 3.63) is 93.7 Å². The molecule has 0 bridgehead atoms. The van der Waals surface area contributed by atoms with Crippen molar-refractivity contribution in [3.63, 3.8) is 0 Å². The van der Waals surface area contributed by atoms with E-state index in [1.165, 1.54) is 15.9 Å². The largest absolute Gasteiger partial charge is 0.344 e. The summed E-state index contributed by atoms with van der Waals surface area (Å²) in [6, 6.07) is 17.4. The first-order chi connectivity index (χ1) is 17.2. The number of aromatic nitrogens is 4. The maximum Gasteiger partial charge on any atom is 0.274 e. The Kier molecular flexibility index (Phi) is 6.75. The van der Waals surface area contributed by atoms with Crippen molar-refractivity contribution in [2.24, 2.45) is 0 Å². The number of aryl methyl sites for hydroxylation is 1. The minimum Gasteiger partial charge on any atom is -0.344 e. The van der Waals surface area contributed by atoms with Crippen molar-refractivity contribution in [1.82, 2.24) is 24.9 Å². The smallest absolute Gasteiger partial charge is 0.274 e. The molecule has 35 heavy (non-hydrogen) atoms. The van der Waals surface area contributed by atoms with E-state index in [2.05, 4.69) is 34.6 Å². The number of carbonyl (C=O) groups is 1. The topological polar surface area (TPSA) is 81.8 Å². The molecule has 1 aliphatic rings. The van der Waals surface area contributed by atoms with E-state index in [4.69, 9.17) is 0 Å². The van der Waals surface area contributed by atoms with Gasteiger partial charge in [0.2, 0.25) is 0 Å². The SMILES string of the molecule is CCCCCn1nc(C(=O)NC2CCCc3c2cnn3Cc2ccccc2)c2ccccc2c1=O. The van der Waals surface area contributed by atoms with Gasteiger partial charge in [-0.3, -0.25) is 14.3 Å². The third-order valence-corrected chi connectivity index (χ3v) is 6.80. The number of fused-ring (bicyclic) bond motifs is 2. The average molecular weight is 470 g/mol. The first-order valence-corrected chi connectivity index (χ1v) is 12.5. The second kappa shape index (κ2) is 10.3. The summed E-state index contributed by atoms with van der Waals surface area (Å²) in [6.45, 7) is 3.35. The van der Waals surface area contributed by atoms with Gasteiger partial charge in [0.1, 0.15) is 0 Å². The fourth-order valence-corrected chi connectivity index (χ4v) is 4.95. The molecule has 1 aliphatic carbocycles. The molecule has 0 fully saturated rings. The van der Waals surface area contributed by atoms with Gasteiger partial charge in [0.05, 0.1) is 24.2 Å². The third-order valence-electron chi connectivity index (χ3n) is 6.80. The van der Waals surface area contributed by atoms with Crippen LogP contribution < -0.4 is 10.9 Å². The average Bonchev–Trinajstić information content (AvgIpc) is 3.30. The molecule has 2 aromatic carbocycles. The van der Waals surface area contributed by atoms with Gasteiger partial charge in [-0.05, 0) is 37.3 Å². The highest BCUT2D eigenvalue weighted by Crippen LogP contribution is 2.30. The highest BCUT2D eigenvalue weighted by Gasteiger charge is 2.27. The molecule has 0 saturated heterocycles. The summed E-state index contributed by atoms with van der Waals surface area (Å²) in [4.78, 5) is 26.5. The van der Waals surface area contributed by atoms with Crippen LogP contribution in [0.4, 0.5) is 0 Å². The van der Waals surface area contributed by atoms with Gasteiger partial charge in [-0.2, -0.15) is 10.2 Å². The molecule has 0 aliphatic heterocycles. The van der Waals surface area contributed by atoms with Crippen LogP contribution in [0.15, 0.2) is 65.6 Å². The molecule has 1 amide bonds. The molecule has 2 aromatic heterocycles. The van der Waals surface area contributed by atoms with Gasteiger partial charge in [-0.15, -0.1) is 0 Å². The van der Waals surface area contributed by atoms with Crippen molar-refractivity contribution >= 4 is 16.7 Å². The molecule has 7 heteroatoms.